The first-order valence-electron chi connectivity index (χ1n) is 3.19. The number of nitrogen functional groups attached to an aromatic ring is 1. The first kappa shape index (κ1) is 6.04. The van der Waals surface area contributed by atoms with Gasteiger partial charge in [-0.25, -0.2) is 0 Å². The van der Waals surface area contributed by atoms with E-state index in [1.54, 1.807) is 0 Å². The van der Waals surface area contributed by atoms with Gasteiger partial charge in [0.25, 0.3) is 0 Å². The summed E-state index contributed by atoms with van der Waals surface area (Å²) in [5.41, 5.74) is 6.07. The highest BCUT2D eigenvalue weighted by molar-refractivity contribution is 6.31. The summed E-state index contributed by atoms with van der Waals surface area (Å²) in [6, 6.07) is 0. The predicted octanol–water partition coefficient (Wildman–Crippen LogP) is 1.79. The quantitative estimate of drug-likeness (QED) is 0.678. The van der Waals surface area contributed by atoms with Gasteiger partial charge in [-0.3, -0.25) is 0 Å². The molecular formula is C6H7ClN2O. The van der Waals surface area contributed by atoms with Crippen molar-refractivity contribution < 1.29 is 4.52 Å². The maximum absolute atomic E-state index is 5.57. The van der Waals surface area contributed by atoms with Crippen LogP contribution in [0.3, 0.4) is 0 Å². The number of hydrogen-bond donors (Lipinski definition) is 1. The second-order valence-electron chi connectivity index (χ2n) is 2.53. The van der Waals surface area contributed by atoms with Crippen LogP contribution >= 0.6 is 11.6 Å². The molecule has 1 heterocycles. The van der Waals surface area contributed by atoms with Crippen LogP contribution < -0.4 is 5.73 Å². The van der Waals surface area contributed by atoms with E-state index in [-0.39, 0.29) is 0 Å². The molecule has 1 aromatic heterocycles. The molecule has 0 spiro atoms. The fourth-order valence-electron chi connectivity index (χ4n) is 0.929. The van der Waals surface area contributed by atoms with Crippen LogP contribution in [-0.4, -0.2) is 5.16 Å². The highest BCUT2D eigenvalue weighted by atomic mass is 35.5. The van der Waals surface area contributed by atoms with Gasteiger partial charge in [0.2, 0.25) is 0 Å². The van der Waals surface area contributed by atoms with Crippen LogP contribution in [0.1, 0.15) is 24.5 Å². The van der Waals surface area contributed by atoms with E-state index in [9.17, 15) is 0 Å². The summed E-state index contributed by atoms with van der Waals surface area (Å²) in [7, 11) is 0. The predicted molar refractivity (Wildman–Crippen MR) is 37.9 cm³/mol. The van der Waals surface area contributed by atoms with Crippen LogP contribution in [0.2, 0.25) is 5.15 Å². The van der Waals surface area contributed by atoms with Gasteiger partial charge in [0.15, 0.2) is 10.9 Å². The third kappa shape index (κ3) is 0.778. The van der Waals surface area contributed by atoms with Crippen molar-refractivity contribution in [3.63, 3.8) is 0 Å². The Morgan fingerprint density at radius 2 is 2.30 bits per heavy atom. The van der Waals surface area contributed by atoms with E-state index in [2.05, 4.69) is 5.16 Å². The van der Waals surface area contributed by atoms with Crippen molar-refractivity contribution in [1.29, 1.82) is 0 Å². The van der Waals surface area contributed by atoms with Crippen LogP contribution in [-0.2, 0) is 0 Å². The first-order valence-corrected chi connectivity index (χ1v) is 3.57. The van der Waals surface area contributed by atoms with Crippen LogP contribution in [0.4, 0.5) is 5.69 Å². The molecule has 0 radical (unpaired) electrons. The molecule has 1 saturated carbocycles. The zero-order chi connectivity index (χ0) is 7.14. The summed E-state index contributed by atoms with van der Waals surface area (Å²) in [5.74, 6) is 1.25. The normalized spacial score (nSPS) is 17.7. The lowest BCUT2D eigenvalue weighted by molar-refractivity contribution is 0.385. The van der Waals surface area contributed by atoms with Gasteiger partial charge >= 0.3 is 0 Å². The largest absolute Gasteiger partial charge is 0.393 e. The number of halogens is 1. The second-order valence-corrected chi connectivity index (χ2v) is 2.88. The average Bonchev–Trinajstić information content (AvgIpc) is 2.67. The Morgan fingerprint density at radius 1 is 1.60 bits per heavy atom. The number of nitrogens with two attached hydrogens (primary N) is 1. The summed E-state index contributed by atoms with van der Waals surface area (Å²) in [6.07, 6.45) is 2.30. The van der Waals surface area contributed by atoms with Crippen molar-refractivity contribution in [3.05, 3.63) is 10.9 Å². The van der Waals surface area contributed by atoms with Gasteiger partial charge in [0, 0.05) is 5.92 Å². The van der Waals surface area contributed by atoms with Crippen molar-refractivity contribution in [2.75, 3.05) is 5.73 Å². The summed E-state index contributed by atoms with van der Waals surface area (Å²) in [5, 5.41) is 3.84. The number of aromatic nitrogens is 1. The lowest BCUT2D eigenvalue weighted by Gasteiger charge is -1.87. The molecule has 4 heteroatoms. The number of hydrogen-bond acceptors (Lipinski definition) is 3. The number of anilines is 1. The second kappa shape index (κ2) is 1.89. The Kier molecular flexibility index (Phi) is 1.14. The van der Waals surface area contributed by atoms with E-state index in [4.69, 9.17) is 21.9 Å². The molecule has 0 saturated heterocycles. The van der Waals surface area contributed by atoms with Gasteiger partial charge < -0.3 is 10.3 Å². The van der Waals surface area contributed by atoms with E-state index in [1.165, 1.54) is 0 Å². The molecule has 1 aliphatic rings. The molecule has 1 aliphatic carbocycles. The number of nitrogens with zero attached hydrogens (tertiary/aromatic N) is 1. The molecule has 2 N–H and O–H groups in total. The van der Waals surface area contributed by atoms with E-state index in [0.29, 0.717) is 16.8 Å². The van der Waals surface area contributed by atoms with Crippen molar-refractivity contribution in [1.82, 2.24) is 5.16 Å². The zero-order valence-corrected chi connectivity index (χ0v) is 6.06. The molecule has 0 atom stereocenters. The van der Waals surface area contributed by atoms with Crippen LogP contribution in [0.15, 0.2) is 4.52 Å². The average molecular weight is 159 g/mol. The van der Waals surface area contributed by atoms with Crippen molar-refractivity contribution in [2.45, 2.75) is 18.8 Å². The maximum atomic E-state index is 5.57. The minimum absolute atomic E-state index is 0.293. The Hall–Kier alpha value is -0.700. The van der Waals surface area contributed by atoms with Gasteiger partial charge in [-0.05, 0) is 12.8 Å². The topological polar surface area (TPSA) is 52.0 Å². The molecule has 0 unspecified atom stereocenters. The third-order valence-corrected chi connectivity index (χ3v) is 1.93. The molecule has 0 amide bonds. The van der Waals surface area contributed by atoms with Crippen LogP contribution in [0.5, 0.6) is 0 Å². The minimum atomic E-state index is 0.293. The van der Waals surface area contributed by atoms with E-state index >= 15 is 0 Å². The molecular weight excluding hydrogens is 152 g/mol. The summed E-state index contributed by atoms with van der Waals surface area (Å²) in [4.78, 5) is 0. The summed E-state index contributed by atoms with van der Waals surface area (Å²) in [6.45, 7) is 0. The van der Waals surface area contributed by atoms with Gasteiger partial charge in [0.05, 0.1) is 0 Å². The molecule has 0 aromatic carbocycles. The van der Waals surface area contributed by atoms with Crippen molar-refractivity contribution in [3.8, 4) is 0 Å². The maximum Gasteiger partial charge on any atom is 0.195 e. The molecule has 54 valence electrons. The van der Waals surface area contributed by atoms with E-state index in [1.807, 2.05) is 0 Å². The van der Waals surface area contributed by atoms with Gasteiger partial charge in [-0.1, -0.05) is 16.8 Å². The van der Waals surface area contributed by atoms with E-state index in [0.717, 1.165) is 18.6 Å². The Morgan fingerprint density at radius 3 is 2.70 bits per heavy atom. The standard InChI is InChI=1S/C6H7ClN2O/c7-6-4(8)5(10-9-6)3-1-2-3/h3H,1-2,8H2. The zero-order valence-electron chi connectivity index (χ0n) is 5.30. The molecule has 0 aliphatic heterocycles. The first-order chi connectivity index (χ1) is 4.79. The summed E-state index contributed by atoms with van der Waals surface area (Å²) < 4.78 is 4.91. The Labute approximate surface area is 63.1 Å². The SMILES string of the molecule is Nc1c(Cl)noc1C1CC1. The molecule has 3 nitrogen and oxygen atoms in total. The highest BCUT2D eigenvalue weighted by Gasteiger charge is 2.30. The highest BCUT2D eigenvalue weighted by Crippen LogP contribution is 2.44. The van der Waals surface area contributed by atoms with Crippen molar-refractivity contribution >= 4 is 17.3 Å². The van der Waals surface area contributed by atoms with Crippen LogP contribution in [0, 0.1) is 0 Å². The molecule has 10 heavy (non-hydrogen) atoms. The molecule has 0 bridgehead atoms. The Bertz CT molecular complexity index is 254. The molecule has 2 rings (SSSR count). The number of rotatable bonds is 1. The van der Waals surface area contributed by atoms with Gasteiger partial charge in [0.1, 0.15) is 5.69 Å². The fourth-order valence-corrected chi connectivity index (χ4v) is 1.06. The summed E-state index contributed by atoms with van der Waals surface area (Å²) >= 11 is 5.57. The Balaban J connectivity index is 2.40. The van der Waals surface area contributed by atoms with Crippen molar-refractivity contribution in [2.24, 2.45) is 0 Å². The van der Waals surface area contributed by atoms with Gasteiger partial charge in [-0.2, -0.15) is 0 Å². The lowest BCUT2D eigenvalue weighted by atomic mass is 10.3. The third-order valence-electron chi connectivity index (χ3n) is 1.66. The van der Waals surface area contributed by atoms with Crippen LogP contribution in [0.25, 0.3) is 0 Å². The monoisotopic (exact) mass is 158 g/mol. The fraction of sp³-hybridized carbons (Fsp3) is 0.500. The molecule has 1 aromatic rings. The smallest absolute Gasteiger partial charge is 0.195 e. The lowest BCUT2D eigenvalue weighted by Crippen LogP contribution is -1.86. The van der Waals surface area contributed by atoms with E-state index < -0.39 is 0 Å². The van der Waals surface area contributed by atoms with Gasteiger partial charge in [-0.15, -0.1) is 0 Å². The minimum Gasteiger partial charge on any atom is -0.393 e. The molecule has 1 fully saturated rings.